The second-order valence-corrected chi connectivity index (χ2v) is 8.15. The standard InChI is InChI=1S/C20H36O10/c1-15(2)7-5-3-4-6-8-16(24)30-14-20(11-23,18(27)28)13-29-12-19(9-21,10-22)17(25)26/h15,21-23H,3-14H2,1-2H3,(H,25,26)(H,27,28). The summed E-state index contributed by atoms with van der Waals surface area (Å²) in [5.74, 6) is -2.96. The second kappa shape index (κ2) is 14.3. The summed E-state index contributed by atoms with van der Waals surface area (Å²) in [6.07, 6.45) is 4.79. The Morgan fingerprint density at radius 3 is 1.73 bits per heavy atom. The van der Waals surface area contributed by atoms with Crippen LogP contribution in [0.2, 0.25) is 0 Å². The number of hydrogen-bond acceptors (Lipinski definition) is 8. The molecule has 30 heavy (non-hydrogen) atoms. The summed E-state index contributed by atoms with van der Waals surface area (Å²) in [6.45, 7) is -0.482. The van der Waals surface area contributed by atoms with Crippen LogP contribution in [0, 0.1) is 16.7 Å². The second-order valence-electron chi connectivity index (χ2n) is 8.15. The maximum atomic E-state index is 11.9. The highest BCUT2D eigenvalue weighted by Gasteiger charge is 2.43. The molecular weight excluding hydrogens is 400 g/mol. The molecule has 5 N–H and O–H groups in total. The predicted octanol–water partition coefficient (Wildman–Crippen LogP) is 0.662. The number of aliphatic hydroxyl groups is 3. The third-order valence-electron chi connectivity index (χ3n) is 4.99. The molecule has 0 spiro atoms. The summed E-state index contributed by atoms with van der Waals surface area (Å²) in [7, 11) is 0. The zero-order valence-electron chi connectivity index (χ0n) is 17.8. The van der Waals surface area contributed by atoms with E-state index >= 15 is 0 Å². The predicted molar refractivity (Wildman–Crippen MR) is 106 cm³/mol. The molecule has 0 aromatic heterocycles. The molecule has 1 unspecified atom stereocenters. The van der Waals surface area contributed by atoms with Gasteiger partial charge in [-0.25, -0.2) is 0 Å². The van der Waals surface area contributed by atoms with Crippen molar-refractivity contribution in [2.24, 2.45) is 16.7 Å². The molecule has 10 nitrogen and oxygen atoms in total. The average Bonchev–Trinajstić information content (AvgIpc) is 2.70. The van der Waals surface area contributed by atoms with Gasteiger partial charge in [0.1, 0.15) is 17.4 Å². The van der Waals surface area contributed by atoms with Crippen LogP contribution in [0.1, 0.15) is 52.4 Å². The zero-order valence-corrected chi connectivity index (χ0v) is 17.8. The first-order chi connectivity index (χ1) is 14.1. The van der Waals surface area contributed by atoms with Gasteiger partial charge in [-0.2, -0.15) is 0 Å². The van der Waals surface area contributed by atoms with Crippen molar-refractivity contribution in [3.8, 4) is 0 Å². The smallest absolute Gasteiger partial charge is 0.317 e. The van der Waals surface area contributed by atoms with E-state index in [-0.39, 0.29) is 6.42 Å². The summed E-state index contributed by atoms with van der Waals surface area (Å²) < 4.78 is 10.1. The van der Waals surface area contributed by atoms with Gasteiger partial charge in [0, 0.05) is 6.42 Å². The Morgan fingerprint density at radius 1 is 0.767 bits per heavy atom. The number of unbranched alkanes of at least 4 members (excludes halogenated alkanes) is 3. The monoisotopic (exact) mass is 436 g/mol. The molecule has 1 atom stereocenters. The van der Waals surface area contributed by atoms with Gasteiger partial charge in [-0.05, 0) is 12.3 Å². The Bertz CT molecular complexity index is 530. The van der Waals surface area contributed by atoms with Crippen molar-refractivity contribution in [1.29, 1.82) is 0 Å². The number of carbonyl (C=O) groups excluding carboxylic acids is 1. The summed E-state index contributed by atoms with van der Waals surface area (Å²) in [4.78, 5) is 34.8. The zero-order chi connectivity index (χ0) is 23.2. The third kappa shape index (κ3) is 9.38. The lowest BCUT2D eigenvalue weighted by Crippen LogP contribution is -2.47. The van der Waals surface area contributed by atoms with E-state index in [0.717, 1.165) is 25.7 Å². The lowest BCUT2D eigenvalue weighted by Gasteiger charge is -2.29. The van der Waals surface area contributed by atoms with Crippen molar-refractivity contribution in [3.63, 3.8) is 0 Å². The van der Waals surface area contributed by atoms with E-state index in [1.54, 1.807) is 0 Å². The highest BCUT2D eigenvalue weighted by molar-refractivity contribution is 5.76. The molecular formula is C20H36O10. The van der Waals surface area contributed by atoms with E-state index < -0.39 is 68.4 Å². The van der Waals surface area contributed by atoms with Crippen molar-refractivity contribution in [3.05, 3.63) is 0 Å². The molecule has 0 rings (SSSR count). The molecule has 0 radical (unpaired) electrons. The first-order valence-electron chi connectivity index (χ1n) is 10.1. The number of carboxylic acid groups (broad SMARTS) is 2. The van der Waals surface area contributed by atoms with Gasteiger partial charge in [-0.15, -0.1) is 0 Å². The number of ether oxygens (including phenoxy) is 2. The van der Waals surface area contributed by atoms with Gasteiger partial charge in [0.15, 0.2) is 0 Å². The van der Waals surface area contributed by atoms with Gasteiger partial charge in [0.05, 0.1) is 33.0 Å². The fourth-order valence-corrected chi connectivity index (χ4v) is 2.57. The van der Waals surface area contributed by atoms with Gasteiger partial charge in [-0.3, -0.25) is 14.4 Å². The van der Waals surface area contributed by atoms with Crippen LogP contribution in [0.4, 0.5) is 0 Å². The SMILES string of the molecule is CC(C)CCCCCCC(=O)OCC(CO)(COCC(CO)(CO)C(=O)O)C(=O)O. The van der Waals surface area contributed by atoms with Gasteiger partial charge in [0.25, 0.3) is 0 Å². The van der Waals surface area contributed by atoms with Gasteiger partial charge in [-0.1, -0.05) is 39.5 Å². The summed E-state index contributed by atoms with van der Waals surface area (Å²) in [6, 6.07) is 0. The summed E-state index contributed by atoms with van der Waals surface area (Å²) >= 11 is 0. The Hall–Kier alpha value is -1.75. The molecule has 0 amide bonds. The molecule has 0 aromatic carbocycles. The topological polar surface area (TPSA) is 171 Å². The molecule has 10 heteroatoms. The number of esters is 1. The average molecular weight is 436 g/mol. The van der Waals surface area contributed by atoms with Crippen LogP contribution in [0.3, 0.4) is 0 Å². The van der Waals surface area contributed by atoms with Crippen LogP contribution in [0.5, 0.6) is 0 Å². The van der Waals surface area contributed by atoms with Gasteiger partial charge in [0.2, 0.25) is 0 Å². The van der Waals surface area contributed by atoms with Gasteiger partial charge < -0.3 is 35.0 Å². The Balaban J connectivity index is 4.61. The minimum absolute atomic E-state index is 0.126. The summed E-state index contributed by atoms with van der Waals surface area (Å²) in [5.41, 5.74) is -3.99. The lowest BCUT2D eigenvalue weighted by atomic mass is 9.89. The quantitative estimate of drug-likeness (QED) is 0.152. The minimum atomic E-state index is -2.01. The highest BCUT2D eigenvalue weighted by Crippen LogP contribution is 2.23. The Labute approximate surface area is 176 Å². The molecule has 0 saturated carbocycles. The van der Waals surface area contributed by atoms with E-state index in [1.807, 2.05) is 0 Å². The molecule has 0 aliphatic rings. The number of rotatable bonds is 18. The molecule has 0 bridgehead atoms. The number of aliphatic carboxylic acids is 2. The van der Waals surface area contributed by atoms with Crippen LogP contribution in [0.15, 0.2) is 0 Å². The van der Waals surface area contributed by atoms with Crippen molar-refractivity contribution < 1.29 is 49.4 Å². The van der Waals surface area contributed by atoms with Crippen LogP contribution < -0.4 is 0 Å². The molecule has 0 aliphatic heterocycles. The van der Waals surface area contributed by atoms with Crippen LogP contribution in [-0.2, 0) is 23.9 Å². The molecule has 0 fully saturated rings. The fraction of sp³-hybridized carbons (Fsp3) is 0.850. The number of carboxylic acids is 2. The normalized spacial score (nSPS) is 13.8. The molecule has 0 aromatic rings. The number of carbonyl (C=O) groups is 3. The van der Waals surface area contributed by atoms with Crippen LogP contribution >= 0.6 is 0 Å². The Morgan fingerprint density at radius 2 is 1.27 bits per heavy atom. The van der Waals surface area contributed by atoms with Crippen molar-refractivity contribution >= 4 is 17.9 Å². The van der Waals surface area contributed by atoms with Crippen molar-refractivity contribution in [2.45, 2.75) is 52.4 Å². The number of hydrogen-bond donors (Lipinski definition) is 5. The largest absolute Gasteiger partial charge is 0.481 e. The van der Waals surface area contributed by atoms with E-state index in [1.165, 1.54) is 0 Å². The van der Waals surface area contributed by atoms with E-state index in [4.69, 9.17) is 14.6 Å². The first kappa shape index (κ1) is 28.2. The first-order valence-corrected chi connectivity index (χ1v) is 10.1. The Kier molecular flexibility index (Phi) is 13.5. The van der Waals surface area contributed by atoms with Crippen LogP contribution in [0.25, 0.3) is 0 Å². The van der Waals surface area contributed by atoms with E-state index in [0.29, 0.717) is 12.3 Å². The minimum Gasteiger partial charge on any atom is -0.481 e. The highest BCUT2D eigenvalue weighted by atomic mass is 16.5. The fourth-order valence-electron chi connectivity index (χ4n) is 2.57. The molecule has 0 heterocycles. The van der Waals surface area contributed by atoms with Gasteiger partial charge >= 0.3 is 17.9 Å². The van der Waals surface area contributed by atoms with E-state index in [2.05, 4.69) is 13.8 Å². The molecule has 176 valence electrons. The molecule has 0 aliphatic carbocycles. The van der Waals surface area contributed by atoms with Crippen LogP contribution in [-0.4, -0.2) is 83.1 Å². The maximum absolute atomic E-state index is 11.9. The summed E-state index contributed by atoms with van der Waals surface area (Å²) in [5, 5.41) is 46.6. The third-order valence-corrected chi connectivity index (χ3v) is 4.99. The lowest BCUT2D eigenvalue weighted by molar-refractivity contribution is -0.172. The van der Waals surface area contributed by atoms with Crippen molar-refractivity contribution in [2.75, 3.05) is 39.6 Å². The van der Waals surface area contributed by atoms with Crippen molar-refractivity contribution in [1.82, 2.24) is 0 Å². The molecule has 0 saturated heterocycles. The van der Waals surface area contributed by atoms with E-state index in [9.17, 15) is 34.8 Å². The maximum Gasteiger partial charge on any atom is 0.317 e. The number of aliphatic hydroxyl groups excluding tert-OH is 3.